The van der Waals surface area contributed by atoms with E-state index in [0.717, 1.165) is 31.2 Å². The molecule has 0 saturated carbocycles. The number of ether oxygens (including phenoxy) is 1. The highest BCUT2D eigenvalue weighted by Gasteiger charge is 2.18. The molecule has 0 bridgehead atoms. The van der Waals surface area contributed by atoms with Crippen molar-refractivity contribution in [3.8, 4) is 5.75 Å². The van der Waals surface area contributed by atoms with Crippen LogP contribution in [-0.4, -0.2) is 44.7 Å². The van der Waals surface area contributed by atoms with Gasteiger partial charge in [0.15, 0.2) is 0 Å². The van der Waals surface area contributed by atoms with Gasteiger partial charge >= 0.3 is 0 Å². The monoisotopic (exact) mass is 262 g/mol. The van der Waals surface area contributed by atoms with Crippen molar-refractivity contribution in [1.82, 2.24) is 10.2 Å². The van der Waals surface area contributed by atoms with Gasteiger partial charge in [0.25, 0.3) is 0 Å². The Labute approximate surface area is 116 Å². The van der Waals surface area contributed by atoms with Gasteiger partial charge in [0.2, 0.25) is 0 Å². The van der Waals surface area contributed by atoms with Crippen molar-refractivity contribution in [3.05, 3.63) is 29.3 Å². The van der Waals surface area contributed by atoms with Crippen LogP contribution >= 0.6 is 0 Å². The van der Waals surface area contributed by atoms with Crippen LogP contribution in [0.3, 0.4) is 0 Å². The van der Waals surface area contributed by atoms with E-state index in [1.807, 2.05) is 6.92 Å². The van der Waals surface area contributed by atoms with Crippen LogP contribution in [0, 0.1) is 12.8 Å². The van der Waals surface area contributed by atoms with Gasteiger partial charge in [0.05, 0.1) is 6.61 Å². The van der Waals surface area contributed by atoms with Crippen LogP contribution < -0.4 is 10.1 Å². The number of aryl methyl sites for hydroxylation is 1. The van der Waals surface area contributed by atoms with Gasteiger partial charge in [0, 0.05) is 26.2 Å². The molecule has 0 spiro atoms. The van der Waals surface area contributed by atoms with Gasteiger partial charge in [-0.05, 0) is 50.4 Å². The Morgan fingerprint density at radius 2 is 2.16 bits per heavy atom. The molecule has 2 rings (SSSR count). The Kier molecular flexibility index (Phi) is 5.23. The fourth-order valence-electron chi connectivity index (χ4n) is 2.51. The quantitative estimate of drug-likeness (QED) is 0.814. The average Bonchev–Trinajstić information content (AvgIpc) is 2.34. The van der Waals surface area contributed by atoms with E-state index in [1.54, 1.807) is 0 Å². The van der Waals surface area contributed by atoms with Crippen molar-refractivity contribution < 1.29 is 4.74 Å². The summed E-state index contributed by atoms with van der Waals surface area (Å²) in [7, 11) is 2.22. The molecule has 1 fully saturated rings. The van der Waals surface area contributed by atoms with Crippen LogP contribution in [0.1, 0.15) is 18.1 Å². The summed E-state index contributed by atoms with van der Waals surface area (Å²) in [6.45, 7) is 9.60. The highest BCUT2D eigenvalue weighted by atomic mass is 16.5. The lowest BCUT2D eigenvalue weighted by molar-refractivity contribution is 0.226. The molecule has 1 aliphatic heterocycles. The molecule has 1 aliphatic rings. The lowest BCUT2D eigenvalue weighted by atomic mass is 10.0. The van der Waals surface area contributed by atoms with Crippen LogP contribution in [-0.2, 0) is 6.42 Å². The summed E-state index contributed by atoms with van der Waals surface area (Å²) in [5.74, 6) is 1.87. The predicted octanol–water partition coefficient (Wildman–Crippen LogP) is 2.09. The third-order valence-corrected chi connectivity index (χ3v) is 3.76. The van der Waals surface area contributed by atoms with Crippen molar-refractivity contribution in [2.24, 2.45) is 5.92 Å². The zero-order chi connectivity index (χ0) is 13.7. The third kappa shape index (κ3) is 4.22. The summed E-state index contributed by atoms with van der Waals surface area (Å²) in [6.07, 6.45) is 1.11. The van der Waals surface area contributed by atoms with Crippen LogP contribution in [0.5, 0.6) is 5.75 Å². The minimum Gasteiger partial charge on any atom is -0.494 e. The van der Waals surface area contributed by atoms with Gasteiger partial charge in [-0.15, -0.1) is 0 Å². The van der Waals surface area contributed by atoms with Gasteiger partial charge in [-0.1, -0.05) is 12.1 Å². The Morgan fingerprint density at radius 1 is 1.37 bits per heavy atom. The summed E-state index contributed by atoms with van der Waals surface area (Å²) in [5.41, 5.74) is 2.64. The molecule has 19 heavy (non-hydrogen) atoms. The number of likely N-dealkylation sites (N-methyl/N-ethyl adjacent to an activating group) is 1. The van der Waals surface area contributed by atoms with Crippen molar-refractivity contribution in [3.63, 3.8) is 0 Å². The molecule has 0 amide bonds. The van der Waals surface area contributed by atoms with Gasteiger partial charge in [-0.2, -0.15) is 0 Å². The lowest BCUT2D eigenvalue weighted by Gasteiger charge is -2.31. The number of nitrogens with one attached hydrogen (secondary N) is 1. The molecule has 0 aliphatic carbocycles. The molecule has 1 aromatic rings. The van der Waals surface area contributed by atoms with Crippen LogP contribution in [0.4, 0.5) is 0 Å². The first-order valence-corrected chi connectivity index (χ1v) is 7.30. The molecule has 0 unspecified atom stereocenters. The molecule has 1 heterocycles. The van der Waals surface area contributed by atoms with Crippen LogP contribution in [0.15, 0.2) is 18.2 Å². The zero-order valence-corrected chi connectivity index (χ0v) is 12.4. The standard InChI is InChI=1S/C16H26N2O/c1-4-19-16-6-5-14(9-13(16)2)7-8-18(3)12-15-10-17-11-15/h5-6,9,15,17H,4,7-8,10-12H2,1-3H3. The maximum absolute atomic E-state index is 5.57. The van der Waals surface area contributed by atoms with E-state index >= 15 is 0 Å². The topological polar surface area (TPSA) is 24.5 Å². The first-order chi connectivity index (χ1) is 9.19. The second-order valence-corrected chi connectivity index (χ2v) is 5.57. The second-order valence-electron chi connectivity index (χ2n) is 5.57. The number of nitrogens with zero attached hydrogens (tertiary/aromatic N) is 1. The fraction of sp³-hybridized carbons (Fsp3) is 0.625. The van der Waals surface area contributed by atoms with Crippen molar-refractivity contribution in [2.45, 2.75) is 20.3 Å². The number of hydrogen-bond donors (Lipinski definition) is 1. The molecule has 0 radical (unpaired) electrons. The Morgan fingerprint density at radius 3 is 2.74 bits per heavy atom. The molecule has 0 aromatic heterocycles. The van der Waals surface area contributed by atoms with E-state index in [-0.39, 0.29) is 0 Å². The van der Waals surface area contributed by atoms with Gasteiger partial charge < -0.3 is 15.0 Å². The van der Waals surface area contributed by atoms with E-state index in [2.05, 4.69) is 42.4 Å². The first-order valence-electron chi connectivity index (χ1n) is 7.30. The van der Waals surface area contributed by atoms with Crippen LogP contribution in [0.2, 0.25) is 0 Å². The number of hydrogen-bond acceptors (Lipinski definition) is 3. The summed E-state index contributed by atoms with van der Waals surface area (Å²) in [4.78, 5) is 2.44. The Balaban J connectivity index is 1.79. The van der Waals surface area contributed by atoms with Crippen molar-refractivity contribution >= 4 is 0 Å². The average molecular weight is 262 g/mol. The first kappa shape index (κ1) is 14.4. The molecular weight excluding hydrogens is 236 g/mol. The highest BCUT2D eigenvalue weighted by molar-refractivity contribution is 5.36. The Bertz CT molecular complexity index is 402. The SMILES string of the molecule is CCOc1ccc(CCN(C)CC2CNC2)cc1C. The second kappa shape index (κ2) is 6.92. The fourth-order valence-corrected chi connectivity index (χ4v) is 2.51. The van der Waals surface area contributed by atoms with Crippen molar-refractivity contribution in [1.29, 1.82) is 0 Å². The number of rotatable bonds is 7. The summed E-state index contributed by atoms with van der Waals surface area (Å²) in [5, 5.41) is 3.33. The van der Waals surface area contributed by atoms with Gasteiger partial charge in [-0.25, -0.2) is 0 Å². The molecular formula is C16H26N2O. The van der Waals surface area contributed by atoms with Gasteiger partial charge in [0.1, 0.15) is 5.75 Å². The smallest absolute Gasteiger partial charge is 0.122 e. The van der Waals surface area contributed by atoms with E-state index < -0.39 is 0 Å². The normalized spacial score (nSPS) is 15.6. The maximum atomic E-state index is 5.57. The molecule has 3 nitrogen and oxygen atoms in total. The van der Waals surface area contributed by atoms with Crippen LogP contribution in [0.25, 0.3) is 0 Å². The Hall–Kier alpha value is -1.06. The summed E-state index contributed by atoms with van der Waals surface area (Å²) in [6, 6.07) is 6.55. The zero-order valence-electron chi connectivity index (χ0n) is 12.4. The maximum Gasteiger partial charge on any atom is 0.122 e. The van der Waals surface area contributed by atoms with E-state index in [4.69, 9.17) is 4.74 Å². The molecule has 0 atom stereocenters. The minimum absolute atomic E-state index is 0.734. The molecule has 1 N–H and O–H groups in total. The van der Waals surface area contributed by atoms with E-state index in [0.29, 0.717) is 0 Å². The lowest BCUT2D eigenvalue weighted by Crippen LogP contribution is -2.47. The third-order valence-electron chi connectivity index (χ3n) is 3.76. The molecule has 1 aromatic carbocycles. The van der Waals surface area contributed by atoms with Crippen molar-refractivity contribution in [2.75, 3.05) is 39.8 Å². The largest absolute Gasteiger partial charge is 0.494 e. The molecule has 1 saturated heterocycles. The minimum atomic E-state index is 0.734. The summed E-state index contributed by atoms with van der Waals surface area (Å²) >= 11 is 0. The van der Waals surface area contributed by atoms with E-state index in [1.165, 1.54) is 30.8 Å². The summed E-state index contributed by atoms with van der Waals surface area (Å²) < 4.78 is 5.57. The molecule has 3 heteroatoms. The van der Waals surface area contributed by atoms with Gasteiger partial charge in [-0.3, -0.25) is 0 Å². The van der Waals surface area contributed by atoms with E-state index in [9.17, 15) is 0 Å². The molecule has 106 valence electrons. The highest BCUT2D eigenvalue weighted by Crippen LogP contribution is 2.19. The predicted molar refractivity (Wildman–Crippen MR) is 79.9 cm³/mol. The number of benzene rings is 1.